The smallest absolute Gasteiger partial charge is 0.124 e. The molecule has 106 valence electrons. The molecule has 3 nitrogen and oxygen atoms in total. The molecule has 0 radical (unpaired) electrons. The summed E-state index contributed by atoms with van der Waals surface area (Å²) in [5.41, 5.74) is 3.38. The average Bonchev–Trinajstić information content (AvgIpc) is 2.99. The predicted molar refractivity (Wildman–Crippen MR) is 87.8 cm³/mol. The molecule has 2 N–H and O–H groups in total. The van der Waals surface area contributed by atoms with Gasteiger partial charge >= 0.3 is 0 Å². The number of aromatic amines is 1. The maximum Gasteiger partial charge on any atom is 0.124 e. The Bertz CT molecular complexity index is 746. The highest BCUT2D eigenvalue weighted by atomic mass is 16.5. The first kappa shape index (κ1) is 13.3. The molecule has 21 heavy (non-hydrogen) atoms. The van der Waals surface area contributed by atoms with Crippen molar-refractivity contribution >= 4 is 16.6 Å². The third-order valence-electron chi connectivity index (χ3n) is 3.37. The van der Waals surface area contributed by atoms with Crippen molar-refractivity contribution in [2.75, 3.05) is 11.9 Å². The van der Waals surface area contributed by atoms with Crippen molar-refractivity contribution in [3.63, 3.8) is 0 Å². The highest BCUT2D eigenvalue weighted by Gasteiger charge is 2.03. The molecule has 0 aliphatic carbocycles. The Kier molecular flexibility index (Phi) is 3.92. The van der Waals surface area contributed by atoms with E-state index in [0.29, 0.717) is 6.61 Å². The quantitative estimate of drug-likeness (QED) is 0.658. The van der Waals surface area contributed by atoms with Crippen molar-refractivity contribution in [1.29, 1.82) is 0 Å². The summed E-state index contributed by atoms with van der Waals surface area (Å²) < 4.78 is 5.67. The van der Waals surface area contributed by atoms with Crippen molar-refractivity contribution in [3.05, 3.63) is 72.9 Å². The van der Waals surface area contributed by atoms with Crippen LogP contribution in [0.3, 0.4) is 0 Å². The summed E-state index contributed by atoms with van der Waals surface area (Å²) in [5.74, 6) is 0.896. The van der Waals surface area contributed by atoms with Crippen LogP contribution in [0.4, 0.5) is 5.69 Å². The fraction of sp³-hybridized carbons (Fsp3) is 0.111. The first-order valence-electron chi connectivity index (χ1n) is 6.99. The number of para-hydroxylation sites is 1. The summed E-state index contributed by atoms with van der Waals surface area (Å²) >= 11 is 0. The van der Waals surface area contributed by atoms with E-state index in [1.807, 2.05) is 24.4 Å². The van der Waals surface area contributed by atoms with Gasteiger partial charge in [0.25, 0.3) is 0 Å². The van der Waals surface area contributed by atoms with Crippen molar-refractivity contribution in [2.45, 2.75) is 6.54 Å². The Morgan fingerprint density at radius 3 is 2.95 bits per heavy atom. The van der Waals surface area contributed by atoms with Crippen molar-refractivity contribution in [2.24, 2.45) is 0 Å². The van der Waals surface area contributed by atoms with Crippen LogP contribution in [0.5, 0.6) is 5.75 Å². The Morgan fingerprint density at radius 1 is 1.14 bits per heavy atom. The molecular weight excluding hydrogens is 260 g/mol. The molecule has 0 aliphatic rings. The second kappa shape index (κ2) is 6.18. The van der Waals surface area contributed by atoms with Gasteiger partial charge < -0.3 is 15.0 Å². The summed E-state index contributed by atoms with van der Waals surface area (Å²) in [7, 11) is 0. The fourth-order valence-electron chi connectivity index (χ4n) is 2.30. The molecule has 0 bridgehead atoms. The molecule has 0 spiro atoms. The number of hydrogen-bond donors (Lipinski definition) is 2. The van der Waals surface area contributed by atoms with E-state index in [9.17, 15) is 0 Å². The van der Waals surface area contributed by atoms with Gasteiger partial charge in [-0.25, -0.2) is 0 Å². The molecule has 0 saturated heterocycles. The Morgan fingerprint density at radius 2 is 2.05 bits per heavy atom. The lowest BCUT2D eigenvalue weighted by Crippen LogP contribution is -2.03. The average molecular weight is 278 g/mol. The van der Waals surface area contributed by atoms with Crippen LogP contribution in [0, 0.1) is 0 Å². The van der Waals surface area contributed by atoms with Crippen LogP contribution < -0.4 is 10.1 Å². The van der Waals surface area contributed by atoms with Gasteiger partial charge in [-0.15, -0.1) is 0 Å². The molecular formula is C18H18N2O. The van der Waals surface area contributed by atoms with E-state index in [1.54, 1.807) is 6.08 Å². The summed E-state index contributed by atoms with van der Waals surface area (Å²) in [5, 5.41) is 4.64. The summed E-state index contributed by atoms with van der Waals surface area (Å²) in [6.45, 7) is 4.92. The number of anilines is 1. The van der Waals surface area contributed by atoms with Gasteiger partial charge in [-0.05, 0) is 30.3 Å². The van der Waals surface area contributed by atoms with Gasteiger partial charge in [0.15, 0.2) is 0 Å². The van der Waals surface area contributed by atoms with Crippen LogP contribution in [0.15, 0.2) is 67.4 Å². The summed E-state index contributed by atoms with van der Waals surface area (Å²) in [4.78, 5) is 3.20. The largest absolute Gasteiger partial charge is 0.489 e. The lowest BCUT2D eigenvalue weighted by atomic mass is 10.2. The first-order chi connectivity index (χ1) is 10.4. The molecule has 0 saturated carbocycles. The van der Waals surface area contributed by atoms with Gasteiger partial charge in [-0.3, -0.25) is 0 Å². The normalized spacial score (nSPS) is 10.5. The zero-order valence-corrected chi connectivity index (χ0v) is 11.8. The Labute approximate surface area is 124 Å². The van der Waals surface area contributed by atoms with Crippen LogP contribution in [-0.4, -0.2) is 11.6 Å². The zero-order valence-electron chi connectivity index (χ0n) is 11.8. The Balaban J connectivity index is 1.73. The maximum absolute atomic E-state index is 5.67. The van der Waals surface area contributed by atoms with E-state index in [0.717, 1.165) is 29.1 Å². The molecule has 0 unspecified atom stereocenters. The number of fused-ring (bicyclic) bond motifs is 1. The topological polar surface area (TPSA) is 37.0 Å². The van der Waals surface area contributed by atoms with Crippen LogP contribution in [-0.2, 0) is 6.54 Å². The summed E-state index contributed by atoms with van der Waals surface area (Å²) in [6.07, 6.45) is 3.71. The van der Waals surface area contributed by atoms with E-state index in [-0.39, 0.29) is 0 Å². The number of ether oxygens (including phenoxy) is 1. The van der Waals surface area contributed by atoms with Gasteiger partial charge in [0.2, 0.25) is 0 Å². The minimum atomic E-state index is 0.520. The molecule has 0 atom stereocenters. The van der Waals surface area contributed by atoms with Gasteiger partial charge in [0.05, 0.1) is 0 Å². The van der Waals surface area contributed by atoms with Crippen molar-refractivity contribution < 1.29 is 4.74 Å². The monoisotopic (exact) mass is 278 g/mol. The number of benzene rings is 2. The number of H-pyrrole nitrogens is 1. The van der Waals surface area contributed by atoms with E-state index in [1.165, 1.54) is 5.39 Å². The fourth-order valence-corrected chi connectivity index (χ4v) is 2.30. The second-order valence-electron chi connectivity index (χ2n) is 4.84. The molecule has 3 heteroatoms. The molecule has 0 fully saturated rings. The van der Waals surface area contributed by atoms with Gasteiger partial charge in [-0.2, -0.15) is 0 Å². The van der Waals surface area contributed by atoms with Gasteiger partial charge in [0.1, 0.15) is 12.4 Å². The molecule has 3 rings (SSSR count). The number of aromatic nitrogens is 1. The van der Waals surface area contributed by atoms with E-state index >= 15 is 0 Å². The first-order valence-corrected chi connectivity index (χ1v) is 6.99. The van der Waals surface area contributed by atoms with E-state index in [2.05, 4.69) is 47.2 Å². The van der Waals surface area contributed by atoms with Crippen LogP contribution in [0.1, 0.15) is 5.56 Å². The van der Waals surface area contributed by atoms with E-state index < -0.39 is 0 Å². The Hall–Kier alpha value is -2.68. The highest BCUT2D eigenvalue weighted by molar-refractivity contribution is 5.82. The minimum Gasteiger partial charge on any atom is -0.489 e. The molecule has 1 heterocycles. The predicted octanol–water partition coefficient (Wildman–Crippen LogP) is 4.34. The second-order valence-corrected chi connectivity index (χ2v) is 4.84. The molecule has 1 aromatic heterocycles. The number of rotatable bonds is 6. The van der Waals surface area contributed by atoms with Crippen LogP contribution in [0.2, 0.25) is 0 Å². The lowest BCUT2D eigenvalue weighted by molar-refractivity contribution is 0.359. The molecule has 2 aromatic carbocycles. The van der Waals surface area contributed by atoms with Gasteiger partial charge in [0, 0.05) is 34.9 Å². The summed E-state index contributed by atoms with van der Waals surface area (Å²) in [6, 6.07) is 16.4. The number of hydrogen-bond acceptors (Lipinski definition) is 2. The van der Waals surface area contributed by atoms with Gasteiger partial charge in [-0.1, -0.05) is 30.9 Å². The minimum absolute atomic E-state index is 0.520. The molecule has 3 aromatic rings. The third kappa shape index (κ3) is 3.08. The lowest BCUT2D eigenvalue weighted by Gasteiger charge is -2.12. The zero-order chi connectivity index (χ0) is 14.5. The molecule has 0 aliphatic heterocycles. The van der Waals surface area contributed by atoms with Crippen LogP contribution in [0.25, 0.3) is 10.9 Å². The molecule has 0 amide bonds. The van der Waals surface area contributed by atoms with Crippen molar-refractivity contribution in [1.82, 2.24) is 4.98 Å². The number of nitrogens with one attached hydrogen (secondary N) is 2. The van der Waals surface area contributed by atoms with E-state index in [4.69, 9.17) is 4.74 Å². The third-order valence-corrected chi connectivity index (χ3v) is 3.37. The maximum atomic E-state index is 5.67. The standard InChI is InChI=1S/C18H18N2O/c1-2-11-21-18-6-4-3-5-15(18)13-20-16-7-8-17-14(12-16)9-10-19-17/h2-10,12,19-20H,1,11,13H2. The highest BCUT2D eigenvalue weighted by Crippen LogP contribution is 2.22. The SMILES string of the molecule is C=CCOc1ccccc1CNc1ccc2[nH]ccc2c1. The van der Waals surface area contributed by atoms with Crippen molar-refractivity contribution in [3.8, 4) is 5.75 Å². The van der Waals surface area contributed by atoms with Crippen LogP contribution >= 0.6 is 0 Å².